The number of aryl methyl sites for hydroxylation is 4. The van der Waals surface area contributed by atoms with Crippen LogP contribution in [0.3, 0.4) is 0 Å². The lowest BCUT2D eigenvalue weighted by Crippen LogP contribution is -2.30. The molecular formula is C50H64O2Si4. The number of hydrogen-bond acceptors (Lipinski definition) is 2. The quantitative estimate of drug-likeness (QED) is 0.0910. The maximum absolute atomic E-state index is 16.2. The van der Waals surface area contributed by atoms with Gasteiger partial charge >= 0.3 is 0 Å². The summed E-state index contributed by atoms with van der Waals surface area (Å²) in [5.74, 6) is 0.221. The zero-order chi connectivity index (χ0) is 40.5. The molecule has 56 heavy (non-hydrogen) atoms. The van der Waals surface area contributed by atoms with Gasteiger partial charge in [0, 0.05) is 54.5 Å². The third-order valence-corrected chi connectivity index (χ3v) is 19.2. The lowest BCUT2D eigenvalue weighted by Gasteiger charge is -2.32. The van der Waals surface area contributed by atoms with Crippen LogP contribution in [0.15, 0.2) is 72.8 Å². The van der Waals surface area contributed by atoms with Crippen LogP contribution in [-0.2, 0) is 25.7 Å². The van der Waals surface area contributed by atoms with Gasteiger partial charge in [0.2, 0.25) is 0 Å². The Morgan fingerprint density at radius 2 is 0.536 bits per heavy atom. The highest BCUT2D eigenvalue weighted by atomic mass is 28.3. The van der Waals surface area contributed by atoms with Crippen molar-refractivity contribution in [3.8, 4) is 0 Å². The maximum atomic E-state index is 16.2. The van der Waals surface area contributed by atoms with E-state index in [9.17, 15) is 0 Å². The number of ketones is 2. The summed E-state index contributed by atoms with van der Waals surface area (Å²) in [6, 6.07) is 31.0. The van der Waals surface area contributed by atoms with Crippen molar-refractivity contribution in [3.05, 3.63) is 117 Å². The molecule has 0 N–H and O–H groups in total. The second-order valence-corrected chi connectivity index (χ2v) is 44.3. The van der Waals surface area contributed by atoms with Crippen LogP contribution >= 0.6 is 0 Å². The van der Waals surface area contributed by atoms with Gasteiger partial charge in [-0.2, -0.15) is 0 Å². The van der Waals surface area contributed by atoms with E-state index < -0.39 is 32.3 Å². The van der Waals surface area contributed by atoms with Crippen molar-refractivity contribution in [2.75, 3.05) is 0 Å². The Morgan fingerprint density at radius 3 is 0.714 bits per heavy atom. The molecule has 0 unspecified atom stereocenters. The zero-order valence-electron chi connectivity index (χ0n) is 36.4. The smallest absolute Gasteiger partial charge is 0.195 e. The Morgan fingerprint density at radius 1 is 0.339 bits per heavy atom. The predicted octanol–water partition coefficient (Wildman–Crippen LogP) is 14.6. The van der Waals surface area contributed by atoms with Crippen molar-refractivity contribution >= 4 is 87.0 Å². The summed E-state index contributed by atoms with van der Waals surface area (Å²) in [6.45, 7) is 29.1. The van der Waals surface area contributed by atoms with Gasteiger partial charge in [0.25, 0.3) is 0 Å². The van der Waals surface area contributed by atoms with Gasteiger partial charge in [0.15, 0.2) is 11.6 Å². The molecule has 0 radical (unpaired) electrons. The molecule has 292 valence electrons. The highest BCUT2D eigenvalue weighted by molar-refractivity contribution is 6.77. The lowest BCUT2D eigenvalue weighted by molar-refractivity contribution is 0.0976. The first-order valence-electron chi connectivity index (χ1n) is 21.2. The molecule has 0 saturated carbocycles. The Kier molecular flexibility index (Phi) is 10.7. The van der Waals surface area contributed by atoms with Crippen molar-refractivity contribution in [1.82, 2.24) is 0 Å². The standard InChI is InChI=1S/C50H64O2Si4/c1-53(2,3)25-21-37-41-29-33-17-13-14-18-34(33)30-42(41)38(22-26-54(4,5)6)46-45(37)49(51)47-39(23-27-55(7,8)9)43-31-35-19-15-16-20-36(35)32-44(43)40(48(47)50(46)52)24-28-56(10,11)12/h13-20,29-32H,21-28H2,1-12H3. The number of carbonyl (C=O) groups excluding carboxylic acids is 2. The van der Waals surface area contributed by atoms with E-state index in [2.05, 4.69) is 151 Å². The summed E-state index contributed by atoms with van der Waals surface area (Å²) in [5.41, 5.74) is 7.40. The molecule has 0 spiro atoms. The molecule has 0 atom stereocenters. The molecule has 6 aromatic carbocycles. The molecule has 0 fully saturated rings. The fourth-order valence-corrected chi connectivity index (χ4v) is 12.9. The first-order chi connectivity index (χ1) is 26.1. The molecule has 1 aliphatic rings. The van der Waals surface area contributed by atoms with Crippen molar-refractivity contribution in [2.45, 2.75) is 128 Å². The highest BCUT2D eigenvalue weighted by Crippen LogP contribution is 2.46. The average molecular weight is 809 g/mol. The van der Waals surface area contributed by atoms with Gasteiger partial charge in [0.05, 0.1) is 0 Å². The van der Waals surface area contributed by atoms with E-state index in [1.165, 1.54) is 43.1 Å². The van der Waals surface area contributed by atoms with Crippen molar-refractivity contribution in [3.63, 3.8) is 0 Å². The minimum Gasteiger partial charge on any atom is -0.289 e. The minimum absolute atomic E-state index is 0.111. The summed E-state index contributed by atoms with van der Waals surface area (Å²) in [6.07, 6.45) is 3.28. The fraction of sp³-hybridized carbons (Fsp3) is 0.400. The summed E-state index contributed by atoms with van der Waals surface area (Å²) in [4.78, 5) is 32.3. The summed E-state index contributed by atoms with van der Waals surface area (Å²) in [5, 5.41) is 9.53. The molecule has 0 aromatic heterocycles. The molecule has 0 aliphatic heterocycles. The monoisotopic (exact) mass is 808 g/mol. The molecule has 0 saturated heterocycles. The second kappa shape index (κ2) is 14.7. The van der Waals surface area contributed by atoms with E-state index in [1.807, 2.05) is 0 Å². The predicted molar refractivity (Wildman–Crippen MR) is 257 cm³/mol. The normalized spacial score (nSPS) is 14.0. The molecule has 2 nitrogen and oxygen atoms in total. The molecule has 1 aliphatic carbocycles. The number of fused-ring (bicyclic) bond motifs is 6. The van der Waals surface area contributed by atoms with Crippen LogP contribution in [0.5, 0.6) is 0 Å². The van der Waals surface area contributed by atoms with Crippen molar-refractivity contribution in [1.29, 1.82) is 0 Å². The zero-order valence-corrected chi connectivity index (χ0v) is 40.4. The van der Waals surface area contributed by atoms with Crippen molar-refractivity contribution < 1.29 is 9.59 Å². The van der Waals surface area contributed by atoms with Gasteiger partial charge in [0.1, 0.15) is 0 Å². The Bertz CT molecular complexity index is 2200. The molecular weight excluding hydrogens is 745 g/mol. The van der Waals surface area contributed by atoms with Gasteiger partial charge in [-0.1, -0.05) is 151 Å². The number of carbonyl (C=O) groups is 2. The van der Waals surface area contributed by atoms with Crippen LogP contribution in [0, 0.1) is 0 Å². The van der Waals surface area contributed by atoms with Gasteiger partial charge in [-0.25, -0.2) is 0 Å². The fourth-order valence-electron chi connectivity index (χ4n) is 8.91. The van der Waals surface area contributed by atoms with E-state index >= 15 is 9.59 Å². The largest absolute Gasteiger partial charge is 0.289 e. The second-order valence-electron chi connectivity index (χ2n) is 21.8. The number of benzene rings is 6. The van der Waals surface area contributed by atoms with Crippen LogP contribution < -0.4 is 0 Å². The first-order valence-corrected chi connectivity index (χ1v) is 36.0. The lowest BCUT2D eigenvalue weighted by atomic mass is 9.71. The Hall–Kier alpha value is -3.43. The molecule has 7 rings (SSSR count). The van der Waals surface area contributed by atoms with E-state index in [4.69, 9.17) is 0 Å². The van der Waals surface area contributed by atoms with Gasteiger partial charge in [-0.3, -0.25) is 9.59 Å². The molecule has 6 heteroatoms. The number of rotatable bonds is 12. The topological polar surface area (TPSA) is 34.1 Å². The molecule has 0 bridgehead atoms. The van der Waals surface area contributed by atoms with Gasteiger partial charge < -0.3 is 0 Å². The average Bonchev–Trinajstić information content (AvgIpc) is 3.09. The van der Waals surface area contributed by atoms with E-state index in [-0.39, 0.29) is 11.6 Å². The Labute approximate surface area is 340 Å². The van der Waals surface area contributed by atoms with Crippen LogP contribution in [-0.4, -0.2) is 43.9 Å². The van der Waals surface area contributed by atoms with E-state index in [0.717, 1.165) is 94.4 Å². The van der Waals surface area contributed by atoms with Crippen LogP contribution in [0.2, 0.25) is 103 Å². The van der Waals surface area contributed by atoms with E-state index in [1.54, 1.807) is 0 Å². The highest BCUT2D eigenvalue weighted by Gasteiger charge is 2.40. The van der Waals surface area contributed by atoms with Crippen LogP contribution in [0.1, 0.15) is 54.1 Å². The van der Waals surface area contributed by atoms with Crippen LogP contribution in [0.25, 0.3) is 43.1 Å². The summed E-state index contributed by atoms with van der Waals surface area (Å²) >= 11 is 0. The number of hydrogen-bond donors (Lipinski definition) is 0. The van der Waals surface area contributed by atoms with Crippen LogP contribution in [0.4, 0.5) is 0 Å². The van der Waals surface area contributed by atoms with Gasteiger partial charge in [-0.15, -0.1) is 0 Å². The van der Waals surface area contributed by atoms with E-state index in [0.29, 0.717) is 0 Å². The molecule has 0 amide bonds. The van der Waals surface area contributed by atoms with Crippen molar-refractivity contribution in [2.24, 2.45) is 0 Å². The molecule has 0 heterocycles. The van der Waals surface area contributed by atoms with Gasteiger partial charge in [-0.05, 0) is 115 Å². The third kappa shape index (κ3) is 8.27. The SMILES string of the molecule is C[Si](C)(C)CCc1c2c(c(CC[Si](C)(C)C)c3cc4ccccc4cc13)C(=O)c1c(c(CC[Si](C)(C)C)c3cc4ccccc4cc3c1CC[Si](C)(C)C)C2=O. The minimum atomic E-state index is -1.52. The molecule has 6 aromatic rings. The third-order valence-electron chi connectivity index (χ3n) is 12.2. The first kappa shape index (κ1) is 40.8. The summed E-state index contributed by atoms with van der Waals surface area (Å²) < 4.78 is 0. The summed E-state index contributed by atoms with van der Waals surface area (Å²) in [7, 11) is -6.07. The maximum Gasteiger partial charge on any atom is 0.195 e. The Balaban J connectivity index is 1.65.